The van der Waals surface area contributed by atoms with Gasteiger partial charge in [-0.1, -0.05) is 13.8 Å². The highest BCUT2D eigenvalue weighted by Crippen LogP contribution is 2.25. The van der Waals surface area contributed by atoms with Crippen LogP contribution in [0, 0.1) is 6.92 Å². The molecule has 2 N–H and O–H groups in total. The van der Waals surface area contributed by atoms with E-state index in [-0.39, 0.29) is 0 Å². The zero-order valence-electron chi connectivity index (χ0n) is 10.5. The van der Waals surface area contributed by atoms with Gasteiger partial charge in [-0.25, -0.2) is 0 Å². The molecule has 0 aliphatic carbocycles. The molecule has 0 unspecified atom stereocenters. The molecule has 90 valence electrons. The van der Waals surface area contributed by atoms with Gasteiger partial charge in [-0.15, -0.1) is 0 Å². The summed E-state index contributed by atoms with van der Waals surface area (Å²) < 4.78 is 0. The number of rotatable bonds is 2. The van der Waals surface area contributed by atoms with Gasteiger partial charge in [0.1, 0.15) is 0 Å². The molecule has 1 aliphatic heterocycles. The molecule has 0 aromatic carbocycles. The molecule has 0 atom stereocenters. The molecule has 0 amide bonds. The molecular weight excluding hydrogens is 200 g/mol. The van der Waals surface area contributed by atoms with Crippen molar-refractivity contribution in [1.29, 1.82) is 0 Å². The van der Waals surface area contributed by atoms with Gasteiger partial charge in [0.25, 0.3) is 0 Å². The van der Waals surface area contributed by atoms with Gasteiger partial charge in [0.05, 0.1) is 0 Å². The smallest absolute Gasteiger partial charge is 0.153 e. The normalized spacial score (nSPS) is 17.9. The van der Waals surface area contributed by atoms with Crippen LogP contribution in [0.1, 0.15) is 37.4 Å². The van der Waals surface area contributed by atoms with E-state index in [9.17, 15) is 0 Å². The molecular formula is C12H22N4. The van der Waals surface area contributed by atoms with Gasteiger partial charge in [0.2, 0.25) is 0 Å². The summed E-state index contributed by atoms with van der Waals surface area (Å²) in [4.78, 5) is 2.39. The average Bonchev–Trinajstić information content (AvgIpc) is 2.50. The first-order chi connectivity index (χ1) is 7.70. The number of anilines is 1. The zero-order chi connectivity index (χ0) is 11.5. The number of aromatic amines is 1. The lowest BCUT2D eigenvalue weighted by atomic mass is 10.1. The van der Waals surface area contributed by atoms with Gasteiger partial charge in [-0.3, -0.25) is 5.10 Å². The second kappa shape index (κ2) is 4.87. The van der Waals surface area contributed by atoms with Crippen molar-refractivity contribution in [3.8, 4) is 0 Å². The van der Waals surface area contributed by atoms with Crippen molar-refractivity contribution in [2.45, 2.75) is 33.1 Å². The molecule has 2 rings (SSSR count). The lowest BCUT2D eigenvalue weighted by molar-refractivity contribution is 0.724. The molecule has 4 nitrogen and oxygen atoms in total. The SMILES string of the molecule is Cc1c(N2CCCNCC2)n[nH]c1C(C)C. The molecule has 0 radical (unpaired) electrons. The van der Waals surface area contributed by atoms with Crippen molar-refractivity contribution in [2.24, 2.45) is 0 Å². The van der Waals surface area contributed by atoms with Crippen LogP contribution in [0.2, 0.25) is 0 Å². The third-order valence-electron chi connectivity index (χ3n) is 3.24. The molecule has 0 saturated carbocycles. The average molecular weight is 222 g/mol. The summed E-state index contributed by atoms with van der Waals surface area (Å²) in [6.07, 6.45) is 1.20. The van der Waals surface area contributed by atoms with Gasteiger partial charge in [0.15, 0.2) is 5.82 Å². The number of aromatic nitrogens is 2. The Hall–Kier alpha value is -1.03. The van der Waals surface area contributed by atoms with Crippen LogP contribution in [0.15, 0.2) is 0 Å². The highest BCUT2D eigenvalue weighted by molar-refractivity contribution is 5.49. The third-order valence-corrected chi connectivity index (χ3v) is 3.24. The molecule has 4 heteroatoms. The fourth-order valence-corrected chi connectivity index (χ4v) is 2.33. The van der Waals surface area contributed by atoms with Crippen LogP contribution in [-0.4, -0.2) is 36.4 Å². The molecule has 0 bridgehead atoms. The van der Waals surface area contributed by atoms with Crippen molar-refractivity contribution in [2.75, 3.05) is 31.1 Å². The summed E-state index contributed by atoms with van der Waals surface area (Å²) in [5, 5.41) is 11.1. The van der Waals surface area contributed by atoms with Gasteiger partial charge >= 0.3 is 0 Å². The van der Waals surface area contributed by atoms with Crippen LogP contribution in [-0.2, 0) is 0 Å². The molecule has 1 fully saturated rings. The Morgan fingerprint density at radius 2 is 2.06 bits per heavy atom. The minimum Gasteiger partial charge on any atom is -0.354 e. The van der Waals surface area contributed by atoms with E-state index < -0.39 is 0 Å². The summed E-state index contributed by atoms with van der Waals surface area (Å²) in [6, 6.07) is 0. The fourth-order valence-electron chi connectivity index (χ4n) is 2.33. The largest absolute Gasteiger partial charge is 0.354 e. The van der Waals surface area contributed by atoms with Crippen molar-refractivity contribution < 1.29 is 0 Å². The van der Waals surface area contributed by atoms with E-state index in [0.717, 1.165) is 32.0 Å². The Morgan fingerprint density at radius 3 is 2.75 bits per heavy atom. The zero-order valence-corrected chi connectivity index (χ0v) is 10.5. The van der Waals surface area contributed by atoms with Crippen LogP contribution < -0.4 is 10.2 Å². The molecule has 2 heterocycles. The predicted octanol–water partition coefficient (Wildman–Crippen LogP) is 1.64. The molecule has 0 spiro atoms. The minimum absolute atomic E-state index is 0.520. The van der Waals surface area contributed by atoms with E-state index in [1.54, 1.807) is 0 Å². The van der Waals surface area contributed by atoms with Crippen molar-refractivity contribution in [1.82, 2.24) is 15.5 Å². The quantitative estimate of drug-likeness (QED) is 0.799. The van der Waals surface area contributed by atoms with Crippen LogP contribution >= 0.6 is 0 Å². The van der Waals surface area contributed by atoms with Gasteiger partial charge in [-0.2, -0.15) is 5.10 Å². The van der Waals surface area contributed by atoms with Crippen LogP contribution in [0.4, 0.5) is 5.82 Å². The number of nitrogens with zero attached hydrogens (tertiary/aromatic N) is 2. The Morgan fingerprint density at radius 1 is 1.25 bits per heavy atom. The van der Waals surface area contributed by atoms with E-state index in [4.69, 9.17) is 0 Å². The number of hydrogen-bond donors (Lipinski definition) is 2. The lowest BCUT2D eigenvalue weighted by Gasteiger charge is -2.20. The maximum Gasteiger partial charge on any atom is 0.153 e. The third kappa shape index (κ3) is 2.21. The monoisotopic (exact) mass is 222 g/mol. The van der Waals surface area contributed by atoms with E-state index in [1.807, 2.05) is 0 Å². The highest BCUT2D eigenvalue weighted by atomic mass is 15.3. The number of hydrogen-bond acceptors (Lipinski definition) is 3. The Bertz CT molecular complexity index is 335. The van der Waals surface area contributed by atoms with Crippen molar-refractivity contribution >= 4 is 5.82 Å². The van der Waals surface area contributed by atoms with Gasteiger partial charge in [0, 0.05) is 30.9 Å². The van der Waals surface area contributed by atoms with Gasteiger partial charge < -0.3 is 10.2 Å². The summed E-state index contributed by atoms with van der Waals surface area (Å²) in [6.45, 7) is 10.9. The maximum absolute atomic E-state index is 4.48. The second-order valence-electron chi connectivity index (χ2n) is 4.83. The lowest BCUT2D eigenvalue weighted by Crippen LogP contribution is -2.28. The standard InChI is InChI=1S/C12H22N4/c1-9(2)11-10(3)12(15-14-11)16-7-4-5-13-6-8-16/h9,13H,4-8H2,1-3H3,(H,14,15). The number of H-pyrrole nitrogens is 1. The topological polar surface area (TPSA) is 44.0 Å². The molecule has 1 aromatic heterocycles. The molecule has 16 heavy (non-hydrogen) atoms. The van der Waals surface area contributed by atoms with E-state index in [2.05, 4.69) is 41.2 Å². The summed E-state index contributed by atoms with van der Waals surface area (Å²) in [5.41, 5.74) is 2.59. The summed E-state index contributed by atoms with van der Waals surface area (Å²) in [5.74, 6) is 1.67. The fraction of sp³-hybridized carbons (Fsp3) is 0.750. The Labute approximate surface area is 97.4 Å². The van der Waals surface area contributed by atoms with Crippen molar-refractivity contribution in [3.05, 3.63) is 11.3 Å². The molecule has 1 aromatic rings. The van der Waals surface area contributed by atoms with E-state index in [0.29, 0.717) is 5.92 Å². The van der Waals surface area contributed by atoms with E-state index in [1.165, 1.54) is 17.7 Å². The Balaban J connectivity index is 2.19. The first-order valence-electron chi connectivity index (χ1n) is 6.20. The number of nitrogens with one attached hydrogen (secondary N) is 2. The van der Waals surface area contributed by atoms with Crippen LogP contribution in [0.3, 0.4) is 0 Å². The highest BCUT2D eigenvalue weighted by Gasteiger charge is 2.18. The van der Waals surface area contributed by atoms with Crippen molar-refractivity contribution in [3.63, 3.8) is 0 Å². The first-order valence-corrected chi connectivity index (χ1v) is 6.20. The van der Waals surface area contributed by atoms with Crippen LogP contribution in [0.5, 0.6) is 0 Å². The Kier molecular flexibility index (Phi) is 3.49. The van der Waals surface area contributed by atoms with Crippen LogP contribution in [0.25, 0.3) is 0 Å². The summed E-state index contributed by atoms with van der Waals surface area (Å²) >= 11 is 0. The predicted molar refractivity (Wildman–Crippen MR) is 67.1 cm³/mol. The minimum atomic E-state index is 0.520. The molecule has 1 aliphatic rings. The molecule has 1 saturated heterocycles. The van der Waals surface area contributed by atoms with Gasteiger partial charge in [-0.05, 0) is 25.8 Å². The maximum atomic E-state index is 4.48. The summed E-state index contributed by atoms with van der Waals surface area (Å²) in [7, 11) is 0. The second-order valence-corrected chi connectivity index (χ2v) is 4.83. The van der Waals surface area contributed by atoms with E-state index >= 15 is 0 Å². The first kappa shape index (κ1) is 11.5.